The summed E-state index contributed by atoms with van der Waals surface area (Å²) < 4.78 is 73.6. The molecular weight excluding hydrogens is 421 g/mol. The van der Waals surface area contributed by atoms with Crippen LogP contribution in [0.25, 0.3) is 5.65 Å². The molecule has 1 aromatic carbocycles. The fourth-order valence-corrected chi connectivity index (χ4v) is 4.23. The van der Waals surface area contributed by atoms with E-state index in [1.54, 1.807) is 19.9 Å². The molecule has 3 rings (SSSR count). The number of benzene rings is 1. The molecule has 0 fully saturated rings. The van der Waals surface area contributed by atoms with Crippen LogP contribution >= 0.6 is 11.6 Å². The molecule has 150 valence electrons. The van der Waals surface area contributed by atoms with Crippen molar-refractivity contribution in [2.24, 2.45) is 0 Å². The molecule has 1 N–H and O–H groups in total. The van der Waals surface area contributed by atoms with Crippen LogP contribution in [-0.4, -0.2) is 30.1 Å². The van der Waals surface area contributed by atoms with E-state index in [1.807, 2.05) is 4.72 Å². The molecule has 0 saturated heterocycles. The van der Waals surface area contributed by atoms with Gasteiger partial charge in [0.15, 0.2) is 5.65 Å². The van der Waals surface area contributed by atoms with Crippen molar-refractivity contribution in [2.45, 2.75) is 25.0 Å². The molecule has 2 aromatic heterocycles. The summed E-state index contributed by atoms with van der Waals surface area (Å²) in [6.45, 7) is 3.35. The van der Waals surface area contributed by atoms with Crippen LogP contribution in [0, 0.1) is 13.8 Å². The van der Waals surface area contributed by atoms with E-state index in [0.717, 1.165) is 19.2 Å². The summed E-state index contributed by atoms with van der Waals surface area (Å²) >= 11 is 6.14. The SMILES string of the molecule is COc1cccc(C(F)(F)F)c1NS(=O)(=O)c1nn2c(C)cc(C)nc2c1Cl. The lowest BCUT2D eigenvalue weighted by atomic mass is 10.1. The zero-order valence-electron chi connectivity index (χ0n) is 14.8. The van der Waals surface area contributed by atoms with Crippen LogP contribution in [0.4, 0.5) is 18.9 Å². The number of nitrogens with one attached hydrogen (secondary N) is 1. The van der Waals surface area contributed by atoms with Gasteiger partial charge in [0, 0.05) is 11.4 Å². The predicted molar refractivity (Wildman–Crippen MR) is 96.3 cm³/mol. The Kier molecular flexibility index (Phi) is 4.92. The van der Waals surface area contributed by atoms with E-state index < -0.39 is 32.5 Å². The molecule has 28 heavy (non-hydrogen) atoms. The van der Waals surface area contributed by atoms with E-state index in [1.165, 1.54) is 10.6 Å². The standard InChI is InChI=1S/C16H14ClF3N4O3S/c1-8-7-9(2)24-14(21-8)12(17)15(22-24)28(25,26)23-13-10(16(18,19)20)5-4-6-11(13)27-3/h4-7,23H,1-3H3. The van der Waals surface area contributed by atoms with Gasteiger partial charge in [-0.1, -0.05) is 17.7 Å². The topological polar surface area (TPSA) is 85.6 Å². The number of ether oxygens (including phenoxy) is 1. The maximum Gasteiger partial charge on any atom is 0.418 e. The molecule has 3 aromatic rings. The second-order valence-corrected chi connectivity index (χ2v) is 7.86. The van der Waals surface area contributed by atoms with E-state index in [2.05, 4.69) is 10.1 Å². The molecule has 2 heterocycles. The van der Waals surface area contributed by atoms with E-state index in [0.29, 0.717) is 11.4 Å². The van der Waals surface area contributed by atoms with Crippen LogP contribution in [0.5, 0.6) is 5.75 Å². The average Bonchev–Trinajstić information content (AvgIpc) is 2.92. The summed E-state index contributed by atoms with van der Waals surface area (Å²) in [6.07, 6.45) is -4.82. The highest BCUT2D eigenvalue weighted by molar-refractivity contribution is 7.92. The third-order valence-electron chi connectivity index (χ3n) is 3.85. The Morgan fingerprint density at radius 2 is 1.93 bits per heavy atom. The first-order chi connectivity index (χ1) is 13.0. The Morgan fingerprint density at radius 1 is 1.25 bits per heavy atom. The molecule has 0 bridgehead atoms. The van der Waals surface area contributed by atoms with Gasteiger partial charge in [0.1, 0.15) is 16.5 Å². The minimum absolute atomic E-state index is 0.0793. The number of aryl methyl sites for hydroxylation is 2. The van der Waals surface area contributed by atoms with Gasteiger partial charge in [-0.3, -0.25) is 4.72 Å². The highest BCUT2D eigenvalue weighted by Crippen LogP contribution is 2.41. The second-order valence-electron chi connectivity index (χ2n) is 5.88. The molecule has 0 radical (unpaired) electrons. The van der Waals surface area contributed by atoms with Crippen LogP contribution in [0.1, 0.15) is 17.0 Å². The van der Waals surface area contributed by atoms with E-state index in [4.69, 9.17) is 16.3 Å². The van der Waals surface area contributed by atoms with Gasteiger partial charge in [-0.25, -0.2) is 9.50 Å². The summed E-state index contributed by atoms with van der Waals surface area (Å²) in [5, 5.41) is 2.97. The van der Waals surface area contributed by atoms with Gasteiger partial charge in [-0.15, -0.1) is 0 Å². The van der Waals surface area contributed by atoms with Crippen molar-refractivity contribution in [1.29, 1.82) is 0 Å². The second kappa shape index (κ2) is 6.82. The Morgan fingerprint density at radius 3 is 2.54 bits per heavy atom. The van der Waals surface area contributed by atoms with Gasteiger partial charge in [-0.05, 0) is 32.0 Å². The molecular formula is C16H14ClF3N4O3S. The minimum Gasteiger partial charge on any atom is -0.495 e. The molecule has 0 atom stereocenters. The molecule has 0 spiro atoms. The maximum absolute atomic E-state index is 13.3. The number of methoxy groups -OCH3 is 1. The fourth-order valence-electron chi connectivity index (χ4n) is 2.67. The summed E-state index contributed by atoms with van der Waals surface area (Å²) in [7, 11) is -3.46. The van der Waals surface area contributed by atoms with Crippen LogP contribution in [0.15, 0.2) is 29.3 Å². The first kappa shape index (κ1) is 20.2. The molecule has 7 nitrogen and oxygen atoms in total. The number of halogens is 4. The summed E-state index contributed by atoms with van der Waals surface area (Å²) in [5.74, 6) is -0.302. The van der Waals surface area contributed by atoms with Gasteiger partial charge in [0.2, 0.25) is 5.03 Å². The van der Waals surface area contributed by atoms with Crippen molar-refractivity contribution in [3.05, 3.63) is 46.2 Å². The number of sulfonamides is 1. The number of para-hydroxylation sites is 1. The van der Waals surface area contributed by atoms with Crippen molar-refractivity contribution in [2.75, 3.05) is 11.8 Å². The predicted octanol–water partition coefficient (Wildman–Crippen LogP) is 3.83. The lowest BCUT2D eigenvalue weighted by Gasteiger charge is -2.17. The minimum atomic E-state index is -4.82. The molecule has 12 heteroatoms. The summed E-state index contributed by atoms with van der Waals surface area (Å²) in [6, 6.07) is 4.70. The smallest absolute Gasteiger partial charge is 0.418 e. The lowest BCUT2D eigenvalue weighted by molar-refractivity contribution is -0.137. The molecule has 0 aliphatic heterocycles. The van der Waals surface area contributed by atoms with Gasteiger partial charge in [0.05, 0.1) is 12.7 Å². The Labute approximate surface area is 163 Å². The van der Waals surface area contributed by atoms with E-state index >= 15 is 0 Å². The van der Waals surface area contributed by atoms with Crippen molar-refractivity contribution in [3.8, 4) is 5.75 Å². The lowest BCUT2D eigenvalue weighted by Crippen LogP contribution is -2.19. The molecule has 0 saturated carbocycles. The number of fused-ring (bicyclic) bond motifs is 1. The Balaban J connectivity index is 2.18. The zero-order valence-corrected chi connectivity index (χ0v) is 16.4. The quantitative estimate of drug-likeness (QED) is 0.674. The molecule has 0 amide bonds. The number of anilines is 1. The third kappa shape index (κ3) is 3.47. The number of hydrogen-bond acceptors (Lipinski definition) is 5. The van der Waals surface area contributed by atoms with Crippen molar-refractivity contribution in [1.82, 2.24) is 14.6 Å². The molecule has 0 aliphatic rings. The van der Waals surface area contributed by atoms with Crippen molar-refractivity contribution >= 4 is 33.0 Å². The normalized spacial score (nSPS) is 12.4. The van der Waals surface area contributed by atoms with Crippen LogP contribution in [-0.2, 0) is 16.2 Å². The number of nitrogens with zero attached hydrogens (tertiary/aromatic N) is 3. The van der Waals surface area contributed by atoms with Crippen molar-refractivity contribution in [3.63, 3.8) is 0 Å². The fraction of sp³-hybridized carbons (Fsp3) is 0.250. The zero-order chi connectivity index (χ0) is 20.9. The molecule has 0 aliphatic carbocycles. The molecule has 0 unspecified atom stereocenters. The van der Waals surface area contributed by atoms with Gasteiger partial charge < -0.3 is 4.74 Å². The largest absolute Gasteiger partial charge is 0.495 e. The van der Waals surface area contributed by atoms with E-state index in [-0.39, 0.29) is 16.4 Å². The number of rotatable bonds is 4. The number of aromatic nitrogens is 3. The van der Waals surface area contributed by atoms with Crippen LogP contribution in [0.3, 0.4) is 0 Å². The maximum atomic E-state index is 13.3. The van der Waals surface area contributed by atoms with Crippen molar-refractivity contribution < 1.29 is 26.3 Å². The first-order valence-corrected chi connectivity index (χ1v) is 9.61. The number of hydrogen-bond donors (Lipinski definition) is 1. The van der Waals surface area contributed by atoms with E-state index in [9.17, 15) is 21.6 Å². The highest BCUT2D eigenvalue weighted by atomic mass is 35.5. The van der Waals surface area contributed by atoms with Crippen LogP contribution in [0.2, 0.25) is 5.02 Å². The Bertz CT molecular complexity index is 1180. The van der Waals surface area contributed by atoms with Gasteiger partial charge in [-0.2, -0.15) is 26.7 Å². The summed E-state index contributed by atoms with van der Waals surface area (Å²) in [4.78, 5) is 4.14. The van der Waals surface area contributed by atoms with Gasteiger partial charge >= 0.3 is 6.18 Å². The summed E-state index contributed by atoms with van der Waals surface area (Å²) in [5.41, 5.74) is -0.755. The highest BCUT2D eigenvalue weighted by Gasteiger charge is 2.37. The average molecular weight is 435 g/mol. The first-order valence-electron chi connectivity index (χ1n) is 7.75. The number of alkyl halides is 3. The van der Waals surface area contributed by atoms with Crippen LogP contribution < -0.4 is 9.46 Å². The van der Waals surface area contributed by atoms with Gasteiger partial charge in [0.25, 0.3) is 10.0 Å². The Hall–Kier alpha value is -2.53. The monoisotopic (exact) mass is 434 g/mol. The third-order valence-corrected chi connectivity index (χ3v) is 5.58.